The monoisotopic (exact) mass is 308 g/mol. The molecule has 0 saturated carbocycles. The number of carbonyl (C=O) groups is 1. The van der Waals surface area contributed by atoms with Crippen LogP contribution in [0.4, 0.5) is 0 Å². The molecule has 3 rings (SSSR count). The summed E-state index contributed by atoms with van der Waals surface area (Å²) in [5, 5.41) is 0. The predicted molar refractivity (Wildman–Crippen MR) is 93.5 cm³/mol. The molecule has 1 saturated heterocycles. The summed E-state index contributed by atoms with van der Waals surface area (Å²) in [5.74, 6) is 0.307. The highest BCUT2D eigenvalue weighted by Crippen LogP contribution is 2.27. The molecule has 1 fully saturated rings. The fourth-order valence-electron chi connectivity index (χ4n) is 3.33. The summed E-state index contributed by atoms with van der Waals surface area (Å²) >= 11 is 0. The molecule has 0 bridgehead atoms. The minimum absolute atomic E-state index is 0.000662. The lowest BCUT2D eigenvalue weighted by atomic mass is 9.95. The Labute approximate surface area is 138 Å². The molecule has 1 aliphatic heterocycles. The van der Waals surface area contributed by atoms with Crippen LogP contribution in [0.5, 0.6) is 0 Å². The van der Waals surface area contributed by atoms with Crippen LogP contribution in [0.1, 0.15) is 40.7 Å². The van der Waals surface area contributed by atoms with Gasteiger partial charge in [0.25, 0.3) is 5.91 Å². The fourth-order valence-corrected chi connectivity index (χ4v) is 3.33. The third kappa shape index (κ3) is 3.45. The summed E-state index contributed by atoms with van der Waals surface area (Å²) in [6, 6.07) is 18.2. The Bertz CT molecular complexity index is 651. The number of nitrogens with zero attached hydrogens (tertiary/aromatic N) is 1. The molecule has 3 nitrogen and oxygen atoms in total. The molecule has 2 N–H and O–H groups in total. The Morgan fingerprint density at radius 1 is 1.09 bits per heavy atom. The molecule has 0 unspecified atom stereocenters. The highest BCUT2D eigenvalue weighted by atomic mass is 16.2. The van der Waals surface area contributed by atoms with E-state index in [4.69, 9.17) is 5.73 Å². The van der Waals surface area contributed by atoms with E-state index in [0.29, 0.717) is 13.1 Å². The van der Waals surface area contributed by atoms with E-state index in [1.807, 2.05) is 35.2 Å². The molecule has 23 heavy (non-hydrogen) atoms. The van der Waals surface area contributed by atoms with E-state index < -0.39 is 0 Å². The van der Waals surface area contributed by atoms with Gasteiger partial charge in [-0.25, -0.2) is 0 Å². The molecule has 0 radical (unpaired) electrons. The van der Waals surface area contributed by atoms with E-state index in [2.05, 4.69) is 31.2 Å². The molecule has 2 aromatic carbocycles. The highest BCUT2D eigenvalue weighted by Gasteiger charge is 2.34. The molecule has 120 valence electrons. The molecule has 0 aromatic heterocycles. The standard InChI is InChI=1S/C20H24N2O/c1-2-6-15-9-11-17(12-10-15)20(23)22-13-18(19(21)14-22)16-7-4-3-5-8-16/h3-5,7-12,18-19H,2,6,13-14,21H2,1H3/t18-,19+/m0/s1. The first-order valence-electron chi connectivity index (χ1n) is 8.37. The minimum Gasteiger partial charge on any atom is -0.336 e. The van der Waals surface area contributed by atoms with Crippen molar-refractivity contribution in [2.24, 2.45) is 5.73 Å². The van der Waals surface area contributed by atoms with Crippen molar-refractivity contribution in [1.29, 1.82) is 0 Å². The van der Waals surface area contributed by atoms with Gasteiger partial charge in [-0.3, -0.25) is 4.79 Å². The third-order valence-corrected chi connectivity index (χ3v) is 4.62. The van der Waals surface area contributed by atoms with Crippen molar-refractivity contribution in [3.8, 4) is 0 Å². The van der Waals surface area contributed by atoms with Crippen molar-refractivity contribution in [1.82, 2.24) is 4.90 Å². The molecule has 1 aliphatic rings. The summed E-state index contributed by atoms with van der Waals surface area (Å²) in [7, 11) is 0. The molecule has 0 aliphatic carbocycles. The number of nitrogens with two attached hydrogens (primary N) is 1. The number of hydrogen-bond donors (Lipinski definition) is 1. The van der Waals surface area contributed by atoms with Crippen LogP contribution in [0.3, 0.4) is 0 Å². The van der Waals surface area contributed by atoms with Gasteiger partial charge in [0.2, 0.25) is 0 Å². The van der Waals surface area contributed by atoms with Crippen molar-refractivity contribution in [3.63, 3.8) is 0 Å². The van der Waals surface area contributed by atoms with Crippen LogP contribution in [0.25, 0.3) is 0 Å². The van der Waals surface area contributed by atoms with E-state index >= 15 is 0 Å². The lowest BCUT2D eigenvalue weighted by Crippen LogP contribution is -2.32. The zero-order valence-electron chi connectivity index (χ0n) is 13.6. The maximum Gasteiger partial charge on any atom is 0.253 e. The van der Waals surface area contributed by atoms with Crippen LogP contribution in [-0.4, -0.2) is 29.9 Å². The molecular weight excluding hydrogens is 284 g/mol. The highest BCUT2D eigenvalue weighted by molar-refractivity contribution is 5.94. The second kappa shape index (κ2) is 6.97. The number of aryl methyl sites for hydroxylation is 1. The van der Waals surface area contributed by atoms with Gasteiger partial charge in [0.05, 0.1) is 0 Å². The zero-order valence-corrected chi connectivity index (χ0v) is 13.6. The molecule has 2 atom stereocenters. The number of benzene rings is 2. The Kier molecular flexibility index (Phi) is 4.77. The molecule has 1 heterocycles. The summed E-state index contributed by atoms with van der Waals surface area (Å²) in [4.78, 5) is 14.6. The third-order valence-electron chi connectivity index (χ3n) is 4.62. The van der Waals surface area contributed by atoms with Gasteiger partial charge in [-0.2, -0.15) is 0 Å². The van der Waals surface area contributed by atoms with Gasteiger partial charge < -0.3 is 10.6 Å². The van der Waals surface area contributed by atoms with Crippen LogP contribution in [0.15, 0.2) is 54.6 Å². The largest absolute Gasteiger partial charge is 0.336 e. The van der Waals surface area contributed by atoms with Crippen molar-refractivity contribution in [2.75, 3.05) is 13.1 Å². The molecule has 3 heteroatoms. The zero-order chi connectivity index (χ0) is 16.2. The second-order valence-electron chi connectivity index (χ2n) is 6.34. The van der Waals surface area contributed by atoms with Crippen LogP contribution in [0, 0.1) is 0 Å². The van der Waals surface area contributed by atoms with Gasteiger partial charge in [-0.05, 0) is 29.7 Å². The minimum atomic E-state index is 0.000662. The summed E-state index contributed by atoms with van der Waals surface area (Å²) in [6.07, 6.45) is 2.17. The van der Waals surface area contributed by atoms with E-state index in [1.54, 1.807) is 0 Å². The van der Waals surface area contributed by atoms with E-state index in [9.17, 15) is 4.79 Å². The number of hydrogen-bond acceptors (Lipinski definition) is 2. The van der Waals surface area contributed by atoms with Crippen LogP contribution in [-0.2, 0) is 6.42 Å². The first-order valence-corrected chi connectivity index (χ1v) is 8.37. The van der Waals surface area contributed by atoms with Gasteiger partial charge in [0.15, 0.2) is 0 Å². The smallest absolute Gasteiger partial charge is 0.253 e. The topological polar surface area (TPSA) is 46.3 Å². The quantitative estimate of drug-likeness (QED) is 0.943. The van der Waals surface area contributed by atoms with Crippen LogP contribution in [0.2, 0.25) is 0 Å². The van der Waals surface area contributed by atoms with E-state index in [-0.39, 0.29) is 17.9 Å². The Balaban J connectivity index is 1.71. The summed E-state index contributed by atoms with van der Waals surface area (Å²) in [5.41, 5.74) is 9.54. The molecule has 2 aromatic rings. The van der Waals surface area contributed by atoms with Crippen molar-refractivity contribution < 1.29 is 4.79 Å². The Morgan fingerprint density at radius 3 is 2.43 bits per heavy atom. The number of rotatable bonds is 4. The van der Waals surface area contributed by atoms with Crippen molar-refractivity contribution in [3.05, 3.63) is 71.3 Å². The van der Waals surface area contributed by atoms with Gasteiger partial charge in [-0.1, -0.05) is 55.8 Å². The van der Waals surface area contributed by atoms with Crippen LogP contribution < -0.4 is 5.73 Å². The SMILES string of the molecule is CCCc1ccc(C(=O)N2C[C@@H](N)[C@H](c3ccccc3)C2)cc1. The average molecular weight is 308 g/mol. The molecule has 1 amide bonds. The van der Waals surface area contributed by atoms with Gasteiger partial charge in [-0.15, -0.1) is 0 Å². The Hall–Kier alpha value is -2.13. The fraction of sp³-hybridized carbons (Fsp3) is 0.350. The van der Waals surface area contributed by atoms with Crippen molar-refractivity contribution in [2.45, 2.75) is 31.7 Å². The van der Waals surface area contributed by atoms with Crippen molar-refractivity contribution >= 4 is 5.91 Å². The maximum atomic E-state index is 12.7. The first-order chi connectivity index (χ1) is 11.2. The predicted octanol–water partition coefficient (Wildman–Crippen LogP) is 3.21. The summed E-state index contributed by atoms with van der Waals surface area (Å²) < 4.78 is 0. The van der Waals surface area contributed by atoms with Gasteiger partial charge in [0, 0.05) is 30.6 Å². The number of carbonyl (C=O) groups excluding carboxylic acids is 1. The lowest BCUT2D eigenvalue weighted by Gasteiger charge is -2.17. The maximum absolute atomic E-state index is 12.7. The molecule has 0 spiro atoms. The first kappa shape index (κ1) is 15.8. The number of likely N-dealkylation sites (tertiary alicyclic amines) is 1. The van der Waals surface area contributed by atoms with Gasteiger partial charge in [0.1, 0.15) is 0 Å². The number of amides is 1. The van der Waals surface area contributed by atoms with E-state index in [0.717, 1.165) is 18.4 Å². The van der Waals surface area contributed by atoms with Crippen LogP contribution >= 0.6 is 0 Å². The normalized spacial score (nSPS) is 20.7. The second-order valence-corrected chi connectivity index (χ2v) is 6.34. The lowest BCUT2D eigenvalue weighted by molar-refractivity contribution is 0.0789. The summed E-state index contributed by atoms with van der Waals surface area (Å²) in [6.45, 7) is 3.48. The molecular formula is C20H24N2O. The van der Waals surface area contributed by atoms with Gasteiger partial charge >= 0.3 is 0 Å². The van der Waals surface area contributed by atoms with E-state index in [1.165, 1.54) is 11.1 Å². The average Bonchev–Trinajstić information content (AvgIpc) is 2.98. The Morgan fingerprint density at radius 2 is 1.78 bits per heavy atom.